The molecular weight excluding hydrogens is 384 g/mol. The Morgan fingerprint density at radius 3 is 2.90 bits per heavy atom. The lowest BCUT2D eigenvalue weighted by atomic mass is 9.96. The smallest absolute Gasteiger partial charge is 0.251 e. The second-order valence-corrected chi connectivity index (χ2v) is 7.05. The zero-order valence-electron chi connectivity index (χ0n) is 15.4. The van der Waals surface area contributed by atoms with Crippen LogP contribution >= 0.6 is 0 Å². The largest absolute Gasteiger partial charge is 0.394 e. The van der Waals surface area contributed by atoms with Gasteiger partial charge in [0.2, 0.25) is 5.91 Å². The molecule has 0 bridgehead atoms. The van der Waals surface area contributed by atoms with E-state index in [1.807, 2.05) is 0 Å². The molecule has 1 saturated heterocycles. The highest BCUT2D eigenvalue weighted by Gasteiger charge is 2.53. The van der Waals surface area contributed by atoms with Gasteiger partial charge in [-0.05, 0) is 6.92 Å². The van der Waals surface area contributed by atoms with Gasteiger partial charge >= 0.3 is 0 Å². The monoisotopic (exact) mass is 404 g/mol. The van der Waals surface area contributed by atoms with Crippen molar-refractivity contribution in [2.24, 2.45) is 5.73 Å². The van der Waals surface area contributed by atoms with Gasteiger partial charge in [0.15, 0.2) is 6.23 Å². The van der Waals surface area contributed by atoms with Crippen molar-refractivity contribution in [2.45, 2.75) is 31.0 Å². The van der Waals surface area contributed by atoms with E-state index in [0.717, 1.165) is 0 Å². The summed E-state index contributed by atoms with van der Waals surface area (Å²) in [7, 11) is 0. The molecule has 29 heavy (non-hydrogen) atoms. The molecule has 0 saturated carbocycles. The van der Waals surface area contributed by atoms with Crippen molar-refractivity contribution in [1.82, 2.24) is 19.9 Å². The SMILES string of the molecule is CC1(O)C(O)C(CO)OC1n1cc2c3c(ncnc31)NC(=O)C=C2NC(=O)CN. The molecule has 2 aromatic rings. The van der Waals surface area contributed by atoms with Gasteiger partial charge in [-0.2, -0.15) is 0 Å². The van der Waals surface area contributed by atoms with Crippen molar-refractivity contribution in [3.63, 3.8) is 0 Å². The van der Waals surface area contributed by atoms with E-state index in [2.05, 4.69) is 20.6 Å². The molecule has 0 aromatic carbocycles. The van der Waals surface area contributed by atoms with Crippen molar-refractivity contribution in [3.05, 3.63) is 24.2 Å². The van der Waals surface area contributed by atoms with E-state index in [9.17, 15) is 24.9 Å². The second kappa shape index (κ2) is 6.86. The third-order valence-corrected chi connectivity index (χ3v) is 5.06. The van der Waals surface area contributed by atoms with E-state index >= 15 is 0 Å². The zero-order valence-corrected chi connectivity index (χ0v) is 15.4. The summed E-state index contributed by atoms with van der Waals surface area (Å²) in [6.07, 6.45) is 0.488. The summed E-state index contributed by atoms with van der Waals surface area (Å²) in [5.41, 5.74) is 4.48. The first-order chi connectivity index (χ1) is 13.8. The molecule has 0 spiro atoms. The van der Waals surface area contributed by atoms with E-state index in [0.29, 0.717) is 10.9 Å². The first kappa shape index (κ1) is 19.4. The van der Waals surface area contributed by atoms with Gasteiger partial charge in [0.05, 0.1) is 24.2 Å². The molecule has 7 N–H and O–H groups in total. The number of ether oxygens (including phenoxy) is 1. The molecule has 12 heteroatoms. The molecular formula is C17H20N6O6. The van der Waals surface area contributed by atoms with Crippen LogP contribution in [0.25, 0.3) is 16.7 Å². The van der Waals surface area contributed by atoms with Crippen LogP contribution in [0, 0.1) is 0 Å². The fourth-order valence-electron chi connectivity index (χ4n) is 3.62. The number of nitrogens with one attached hydrogen (secondary N) is 2. The van der Waals surface area contributed by atoms with Crippen LogP contribution in [0.2, 0.25) is 0 Å². The predicted octanol–water partition coefficient (Wildman–Crippen LogP) is -2.20. The summed E-state index contributed by atoms with van der Waals surface area (Å²) in [4.78, 5) is 32.3. The number of nitrogens with two attached hydrogens (primary N) is 1. The van der Waals surface area contributed by atoms with Crippen LogP contribution in [0.3, 0.4) is 0 Å². The normalized spacial score (nSPS) is 28.8. The standard InChI is InChI=1S/C17H20N6O6/c1-17(28)13(27)9(5-24)29-16(17)23-4-7-8(21-11(26)3-18)2-10(25)22-14-12(7)15(23)20-6-19-14/h2,4,6,9,13,16,24,27-28H,3,5,18H2,1H3,(H,21,26)(H,19,20,22,25). The van der Waals surface area contributed by atoms with Gasteiger partial charge in [0.1, 0.15) is 35.6 Å². The molecule has 2 aliphatic heterocycles. The maximum atomic E-state index is 12.2. The zero-order chi connectivity index (χ0) is 20.9. The van der Waals surface area contributed by atoms with Gasteiger partial charge in [0, 0.05) is 17.8 Å². The maximum absolute atomic E-state index is 12.2. The number of carbonyl (C=O) groups is 2. The third kappa shape index (κ3) is 2.97. The van der Waals surface area contributed by atoms with Crippen LogP contribution in [0.5, 0.6) is 0 Å². The summed E-state index contributed by atoms with van der Waals surface area (Å²) < 4.78 is 7.15. The second-order valence-electron chi connectivity index (χ2n) is 7.05. The van der Waals surface area contributed by atoms with Gasteiger partial charge in [-0.3, -0.25) is 9.59 Å². The molecule has 154 valence electrons. The average molecular weight is 404 g/mol. The lowest BCUT2D eigenvalue weighted by Gasteiger charge is -2.27. The Balaban J connectivity index is 1.91. The number of hydrogen-bond donors (Lipinski definition) is 6. The van der Waals surface area contributed by atoms with Crippen LogP contribution in [-0.2, 0) is 14.3 Å². The quantitative estimate of drug-likeness (QED) is 0.329. The van der Waals surface area contributed by atoms with Crippen LogP contribution in [0.4, 0.5) is 5.82 Å². The third-order valence-electron chi connectivity index (χ3n) is 5.06. The average Bonchev–Trinajstić information content (AvgIpc) is 3.12. The fourth-order valence-corrected chi connectivity index (χ4v) is 3.62. The van der Waals surface area contributed by atoms with Crippen molar-refractivity contribution < 1.29 is 29.6 Å². The summed E-state index contributed by atoms with van der Waals surface area (Å²) in [6.45, 7) is 0.603. The topological polar surface area (TPSA) is 185 Å². The Bertz CT molecular complexity index is 1030. The van der Waals surface area contributed by atoms with E-state index in [-0.39, 0.29) is 23.7 Å². The molecule has 1 fully saturated rings. The lowest BCUT2D eigenvalue weighted by Crippen LogP contribution is -2.44. The minimum Gasteiger partial charge on any atom is -0.394 e. The van der Waals surface area contributed by atoms with Crippen LogP contribution in [-0.4, -0.2) is 72.6 Å². The minimum absolute atomic E-state index is 0.173. The minimum atomic E-state index is -1.75. The van der Waals surface area contributed by atoms with Crippen molar-refractivity contribution >= 4 is 34.4 Å². The Kier molecular flexibility index (Phi) is 4.59. The van der Waals surface area contributed by atoms with Gasteiger partial charge in [-0.25, -0.2) is 9.97 Å². The Morgan fingerprint density at radius 2 is 2.24 bits per heavy atom. The number of anilines is 1. The van der Waals surface area contributed by atoms with Crippen molar-refractivity contribution in [2.75, 3.05) is 18.5 Å². The van der Waals surface area contributed by atoms with Gasteiger partial charge in [0.25, 0.3) is 5.91 Å². The highest BCUT2D eigenvalue weighted by atomic mass is 16.6. The van der Waals surface area contributed by atoms with E-state index in [4.69, 9.17) is 10.5 Å². The fraction of sp³-hybridized carbons (Fsp3) is 0.412. The molecule has 2 amide bonds. The van der Waals surface area contributed by atoms with Crippen LogP contribution in [0.15, 0.2) is 18.6 Å². The molecule has 2 aliphatic rings. The summed E-state index contributed by atoms with van der Waals surface area (Å²) in [6, 6.07) is 0. The Morgan fingerprint density at radius 1 is 1.48 bits per heavy atom. The van der Waals surface area contributed by atoms with Crippen molar-refractivity contribution in [3.8, 4) is 0 Å². The highest BCUT2D eigenvalue weighted by molar-refractivity contribution is 6.14. The molecule has 4 unspecified atom stereocenters. The van der Waals surface area contributed by atoms with E-state index in [1.54, 1.807) is 0 Å². The number of rotatable bonds is 4. The molecule has 2 aromatic heterocycles. The number of aromatic nitrogens is 3. The number of nitrogens with zero attached hydrogens (tertiary/aromatic N) is 3. The first-order valence-corrected chi connectivity index (χ1v) is 8.83. The number of carbonyl (C=O) groups excluding carboxylic acids is 2. The predicted molar refractivity (Wildman–Crippen MR) is 99.0 cm³/mol. The van der Waals surface area contributed by atoms with E-state index < -0.39 is 42.5 Å². The molecule has 4 rings (SSSR count). The maximum Gasteiger partial charge on any atom is 0.251 e. The molecule has 0 radical (unpaired) electrons. The van der Waals surface area contributed by atoms with Crippen molar-refractivity contribution in [1.29, 1.82) is 0 Å². The first-order valence-electron chi connectivity index (χ1n) is 8.83. The summed E-state index contributed by atoms with van der Waals surface area (Å²) in [5, 5.41) is 36.2. The molecule has 0 aliphatic carbocycles. The summed E-state index contributed by atoms with van der Waals surface area (Å²) >= 11 is 0. The summed E-state index contributed by atoms with van der Waals surface area (Å²) in [5.74, 6) is -0.802. The molecule has 4 heterocycles. The van der Waals surface area contributed by atoms with Gasteiger partial charge in [-0.1, -0.05) is 0 Å². The van der Waals surface area contributed by atoms with Gasteiger partial charge < -0.3 is 41.0 Å². The lowest BCUT2D eigenvalue weighted by molar-refractivity contribution is -0.118. The van der Waals surface area contributed by atoms with Crippen LogP contribution in [0.1, 0.15) is 18.7 Å². The molecule has 4 atom stereocenters. The highest BCUT2D eigenvalue weighted by Crippen LogP contribution is 2.42. The number of aliphatic hydroxyl groups is 3. The Hall–Kier alpha value is -2.90. The number of amides is 2. The van der Waals surface area contributed by atoms with Gasteiger partial charge in [-0.15, -0.1) is 0 Å². The number of hydrogen-bond acceptors (Lipinski definition) is 9. The van der Waals surface area contributed by atoms with Crippen LogP contribution < -0.4 is 16.4 Å². The Labute approximate surface area is 164 Å². The molecule has 12 nitrogen and oxygen atoms in total. The number of aliphatic hydroxyl groups excluding tert-OH is 2. The van der Waals surface area contributed by atoms with E-state index in [1.165, 1.54) is 30.1 Å².